The number of rotatable bonds is 3. The maximum Gasteiger partial charge on any atom is 0.255 e. The summed E-state index contributed by atoms with van der Waals surface area (Å²) in [7, 11) is 0. The van der Waals surface area contributed by atoms with Crippen molar-refractivity contribution in [2.45, 2.75) is 13.8 Å². The molecule has 5 nitrogen and oxygen atoms in total. The van der Waals surface area contributed by atoms with Crippen LogP contribution in [-0.4, -0.2) is 15.5 Å². The second-order valence-electron chi connectivity index (χ2n) is 6.56. The van der Waals surface area contributed by atoms with Gasteiger partial charge in [0.05, 0.1) is 5.52 Å². The van der Waals surface area contributed by atoms with E-state index in [1.165, 1.54) is 0 Å². The number of anilines is 1. The maximum atomic E-state index is 12.5. The highest BCUT2D eigenvalue weighted by atomic mass is 16.1. The number of aryl methyl sites for hydroxylation is 1. The number of pyridine rings is 1. The van der Waals surface area contributed by atoms with Gasteiger partial charge in [-0.05, 0) is 67.9 Å². The molecule has 2 N–H and O–H groups in total. The number of carbonyl (C=O) groups excluding carboxylic acids is 1. The summed E-state index contributed by atoms with van der Waals surface area (Å²) in [6.07, 6.45) is 3.91. The molecule has 1 amide bonds. The molecule has 27 heavy (non-hydrogen) atoms. The molecule has 0 spiro atoms. The van der Waals surface area contributed by atoms with Crippen molar-refractivity contribution in [2.75, 3.05) is 5.32 Å². The van der Waals surface area contributed by atoms with Gasteiger partial charge in [-0.1, -0.05) is 6.07 Å². The van der Waals surface area contributed by atoms with Gasteiger partial charge in [-0.3, -0.25) is 9.59 Å². The molecule has 0 aliphatic carbocycles. The standard InChI is InChI=1S/C22H19N3O2/c1-14-15(2)21(26)24-20-13-17(7-10-19(14)20)23-22(27)16-5-8-18(9-6-16)25-11-3-4-12-25/h3-13H,1-2H3,(H,23,27)(H,24,26). The summed E-state index contributed by atoms with van der Waals surface area (Å²) in [5.41, 5.74) is 4.47. The molecule has 0 saturated carbocycles. The molecule has 0 atom stereocenters. The van der Waals surface area contributed by atoms with Crippen LogP contribution in [-0.2, 0) is 0 Å². The van der Waals surface area contributed by atoms with E-state index < -0.39 is 0 Å². The highest BCUT2D eigenvalue weighted by Gasteiger charge is 2.09. The van der Waals surface area contributed by atoms with Crippen molar-refractivity contribution in [3.63, 3.8) is 0 Å². The lowest BCUT2D eigenvalue weighted by Crippen LogP contribution is -2.13. The Morgan fingerprint density at radius 3 is 2.37 bits per heavy atom. The molecule has 0 radical (unpaired) electrons. The van der Waals surface area contributed by atoms with Crippen LogP contribution in [0.1, 0.15) is 21.5 Å². The van der Waals surface area contributed by atoms with Crippen molar-refractivity contribution in [1.29, 1.82) is 0 Å². The van der Waals surface area contributed by atoms with Crippen LogP contribution in [0.5, 0.6) is 0 Å². The van der Waals surface area contributed by atoms with Gasteiger partial charge in [0.25, 0.3) is 11.5 Å². The molecule has 2 heterocycles. The number of nitrogens with one attached hydrogen (secondary N) is 2. The van der Waals surface area contributed by atoms with Gasteiger partial charge in [0.15, 0.2) is 0 Å². The second-order valence-corrected chi connectivity index (χ2v) is 6.56. The lowest BCUT2D eigenvalue weighted by atomic mass is 10.1. The molecule has 2 aromatic carbocycles. The molecular formula is C22H19N3O2. The van der Waals surface area contributed by atoms with Gasteiger partial charge in [-0.25, -0.2) is 0 Å². The third kappa shape index (κ3) is 3.15. The summed E-state index contributed by atoms with van der Waals surface area (Å²) in [6.45, 7) is 3.73. The zero-order valence-corrected chi connectivity index (χ0v) is 15.1. The molecule has 0 aliphatic rings. The van der Waals surface area contributed by atoms with E-state index in [9.17, 15) is 9.59 Å². The van der Waals surface area contributed by atoms with Gasteiger partial charge in [0.1, 0.15) is 0 Å². The quantitative estimate of drug-likeness (QED) is 0.577. The highest BCUT2D eigenvalue weighted by molar-refractivity contribution is 6.05. The van der Waals surface area contributed by atoms with E-state index >= 15 is 0 Å². The largest absolute Gasteiger partial charge is 0.324 e. The minimum absolute atomic E-state index is 0.107. The average molecular weight is 357 g/mol. The van der Waals surface area contributed by atoms with Crippen molar-refractivity contribution >= 4 is 22.5 Å². The molecule has 5 heteroatoms. The van der Waals surface area contributed by atoms with Gasteiger partial charge in [-0.2, -0.15) is 0 Å². The first kappa shape index (κ1) is 16.8. The Bertz CT molecular complexity index is 1190. The van der Waals surface area contributed by atoms with E-state index in [1.54, 1.807) is 25.1 Å². The molecule has 134 valence electrons. The van der Waals surface area contributed by atoms with Gasteiger partial charge in [-0.15, -0.1) is 0 Å². The number of hydrogen-bond donors (Lipinski definition) is 2. The topological polar surface area (TPSA) is 66.9 Å². The van der Waals surface area contributed by atoms with E-state index in [1.807, 2.05) is 60.3 Å². The van der Waals surface area contributed by atoms with Crippen LogP contribution in [0.4, 0.5) is 5.69 Å². The molecule has 4 rings (SSSR count). The number of carbonyl (C=O) groups is 1. The second kappa shape index (κ2) is 6.61. The summed E-state index contributed by atoms with van der Waals surface area (Å²) in [6, 6.07) is 16.8. The van der Waals surface area contributed by atoms with Crippen LogP contribution in [0.25, 0.3) is 16.6 Å². The van der Waals surface area contributed by atoms with Crippen LogP contribution >= 0.6 is 0 Å². The smallest absolute Gasteiger partial charge is 0.255 e. The van der Waals surface area contributed by atoms with Crippen LogP contribution in [0.3, 0.4) is 0 Å². The Hall–Kier alpha value is -3.60. The van der Waals surface area contributed by atoms with Crippen molar-refractivity contribution in [3.05, 3.63) is 94.0 Å². The van der Waals surface area contributed by atoms with Crippen molar-refractivity contribution < 1.29 is 4.79 Å². The first-order valence-electron chi connectivity index (χ1n) is 8.71. The predicted octanol–water partition coefficient (Wildman–Crippen LogP) is 4.19. The van der Waals surface area contributed by atoms with Crippen LogP contribution < -0.4 is 10.9 Å². The molecule has 2 aromatic heterocycles. The van der Waals surface area contributed by atoms with Crippen LogP contribution in [0.15, 0.2) is 71.8 Å². The maximum absolute atomic E-state index is 12.5. The summed E-state index contributed by atoms with van der Waals surface area (Å²) >= 11 is 0. The number of hydrogen-bond acceptors (Lipinski definition) is 2. The summed E-state index contributed by atoms with van der Waals surface area (Å²) in [5.74, 6) is -0.195. The third-order valence-corrected chi connectivity index (χ3v) is 4.86. The van der Waals surface area contributed by atoms with Crippen molar-refractivity contribution in [3.8, 4) is 5.69 Å². The van der Waals surface area contributed by atoms with Gasteiger partial charge in [0, 0.05) is 40.3 Å². The normalized spacial score (nSPS) is 10.9. The molecule has 0 saturated heterocycles. The first-order valence-corrected chi connectivity index (χ1v) is 8.71. The monoisotopic (exact) mass is 357 g/mol. The SMILES string of the molecule is Cc1c(C)c2ccc(NC(=O)c3ccc(-n4cccc4)cc3)cc2[nH]c1=O. The predicted molar refractivity (Wildman–Crippen MR) is 108 cm³/mol. The fraction of sp³-hybridized carbons (Fsp3) is 0.0909. The fourth-order valence-electron chi connectivity index (χ4n) is 3.14. The Morgan fingerprint density at radius 1 is 0.963 bits per heavy atom. The zero-order valence-electron chi connectivity index (χ0n) is 15.1. The third-order valence-electron chi connectivity index (χ3n) is 4.86. The van der Waals surface area contributed by atoms with Gasteiger partial charge in [0.2, 0.25) is 0 Å². The van der Waals surface area contributed by atoms with Crippen molar-refractivity contribution in [2.24, 2.45) is 0 Å². The molecular weight excluding hydrogens is 338 g/mol. The zero-order chi connectivity index (χ0) is 19.0. The summed E-state index contributed by atoms with van der Waals surface area (Å²) in [5, 5.41) is 3.86. The molecule has 0 bridgehead atoms. The molecule has 4 aromatic rings. The van der Waals surface area contributed by atoms with E-state index in [0.29, 0.717) is 22.3 Å². The number of aromatic nitrogens is 2. The number of amides is 1. The van der Waals surface area contributed by atoms with Crippen LogP contribution in [0.2, 0.25) is 0 Å². The Kier molecular flexibility index (Phi) is 4.12. The Labute approximate surface area is 156 Å². The van der Waals surface area contributed by atoms with Crippen molar-refractivity contribution in [1.82, 2.24) is 9.55 Å². The number of H-pyrrole nitrogens is 1. The first-order chi connectivity index (χ1) is 13.0. The minimum Gasteiger partial charge on any atom is -0.324 e. The molecule has 0 unspecified atom stereocenters. The average Bonchev–Trinajstić information content (AvgIpc) is 3.21. The van der Waals surface area contributed by atoms with Gasteiger partial charge >= 0.3 is 0 Å². The van der Waals surface area contributed by atoms with Gasteiger partial charge < -0.3 is 14.9 Å². The lowest BCUT2D eigenvalue weighted by Gasteiger charge is -2.10. The van der Waals surface area contributed by atoms with E-state index in [2.05, 4.69) is 10.3 Å². The van der Waals surface area contributed by atoms with E-state index in [4.69, 9.17) is 0 Å². The minimum atomic E-state index is -0.195. The number of fused-ring (bicyclic) bond motifs is 1. The number of aromatic amines is 1. The van der Waals surface area contributed by atoms with E-state index in [-0.39, 0.29) is 11.5 Å². The highest BCUT2D eigenvalue weighted by Crippen LogP contribution is 2.21. The lowest BCUT2D eigenvalue weighted by molar-refractivity contribution is 0.102. The fourth-order valence-corrected chi connectivity index (χ4v) is 3.14. The summed E-state index contributed by atoms with van der Waals surface area (Å²) < 4.78 is 1.98. The number of benzene rings is 2. The van der Waals surface area contributed by atoms with E-state index in [0.717, 1.165) is 16.6 Å². The molecule has 0 fully saturated rings. The molecule has 0 aliphatic heterocycles. The van der Waals surface area contributed by atoms with Crippen LogP contribution in [0, 0.1) is 13.8 Å². The Balaban J connectivity index is 1.59. The Morgan fingerprint density at radius 2 is 1.67 bits per heavy atom. The number of nitrogens with zero attached hydrogens (tertiary/aromatic N) is 1. The summed E-state index contributed by atoms with van der Waals surface area (Å²) in [4.78, 5) is 27.4.